The number of allylic oxidation sites excluding steroid dienone is 1. The summed E-state index contributed by atoms with van der Waals surface area (Å²) in [7, 11) is 0. The Labute approximate surface area is 65.7 Å². The normalized spacial score (nSPS) is 12.3. The van der Waals surface area contributed by atoms with E-state index in [0.717, 1.165) is 6.08 Å². The third-order valence-corrected chi connectivity index (χ3v) is 1.21. The van der Waals surface area contributed by atoms with Crippen molar-refractivity contribution in [2.75, 3.05) is 6.61 Å². The van der Waals surface area contributed by atoms with Crippen LogP contribution in [0, 0.1) is 5.92 Å². The molecule has 0 aliphatic rings. The van der Waals surface area contributed by atoms with E-state index < -0.39 is 11.6 Å². The number of halogens is 1. The SMILES string of the molecule is CC(C)C(=O)/C(F)=C/CCO. The highest BCUT2D eigenvalue weighted by Crippen LogP contribution is 2.07. The van der Waals surface area contributed by atoms with Crippen LogP contribution >= 0.6 is 0 Å². The van der Waals surface area contributed by atoms with Crippen molar-refractivity contribution >= 4 is 5.78 Å². The second-order valence-corrected chi connectivity index (χ2v) is 2.58. The summed E-state index contributed by atoms with van der Waals surface area (Å²) < 4.78 is 12.6. The third kappa shape index (κ3) is 3.88. The molecule has 0 aromatic rings. The Morgan fingerprint density at radius 2 is 2.18 bits per heavy atom. The van der Waals surface area contributed by atoms with Crippen molar-refractivity contribution in [1.82, 2.24) is 0 Å². The predicted molar refractivity (Wildman–Crippen MR) is 40.7 cm³/mol. The highest BCUT2D eigenvalue weighted by Gasteiger charge is 2.11. The monoisotopic (exact) mass is 160 g/mol. The van der Waals surface area contributed by atoms with E-state index in [2.05, 4.69) is 0 Å². The Bertz CT molecular complexity index is 161. The van der Waals surface area contributed by atoms with Crippen LogP contribution in [0.1, 0.15) is 20.3 Å². The quantitative estimate of drug-likeness (QED) is 0.632. The second kappa shape index (κ2) is 5.02. The molecule has 1 N–H and O–H groups in total. The highest BCUT2D eigenvalue weighted by molar-refractivity contribution is 5.94. The number of aliphatic hydroxyl groups excluding tert-OH is 1. The van der Waals surface area contributed by atoms with Gasteiger partial charge in [0, 0.05) is 12.5 Å². The standard InChI is InChI=1S/C8H13FO2/c1-6(2)8(11)7(9)4-3-5-10/h4,6,10H,3,5H2,1-2H3/b7-4-. The number of carbonyl (C=O) groups is 1. The van der Waals surface area contributed by atoms with E-state index in [9.17, 15) is 9.18 Å². The molecule has 0 fully saturated rings. The number of carbonyl (C=O) groups excluding carboxylic acids is 1. The molecule has 0 aliphatic carbocycles. The van der Waals surface area contributed by atoms with E-state index >= 15 is 0 Å². The average molecular weight is 160 g/mol. The molecule has 0 heterocycles. The van der Waals surface area contributed by atoms with Gasteiger partial charge in [-0.05, 0) is 12.5 Å². The number of hydrogen-bond acceptors (Lipinski definition) is 2. The molecule has 0 atom stereocenters. The first-order valence-corrected chi connectivity index (χ1v) is 3.60. The molecule has 2 nitrogen and oxygen atoms in total. The fourth-order valence-electron chi connectivity index (χ4n) is 0.568. The van der Waals surface area contributed by atoms with Gasteiger partial charge in [0.2, 0.25) is 0 Å². The molecule has 0 amide bonds. The van der Waals surface area contributed by atoms with Crippen molar-refractivity contribution in [3.63, 3.8) is 0 Å². The van der Waals surface area contributed by atoms with Crippen molar-refractivity contribution < 1.29 is 14.3 Å². The van der Waals surface area contributed by atoms with Crippen LogP contribution < -0.4 is 0 Å². The van der Waals surface area contributed by atoms with Crippen LogP contribution in [-0.2, 0) is 4.79 Å². The lowest BCUT2D eigenvalue weighted by Crippen LogP contribution is -2.07. The summed E-state index contributed by atoms with van der Waals surface area (Å²) in [6.07, 6.45) is 1.31. The van der Waals surface area contributed by atoms with Gasteiger partial charge in [0.05, 0.1) is 0 Å². The fourth-order valence-corrected chi connectivity index (χ4v) is 0.568. The average Bonchev–Trinajstić information content (AvgIpc) is 1.98. The van der Waals surface area contributed by atoms with Gasteiger partial charge in [0.15, 0.2) is 11.6 Å². The lowest BCUT2D eigenvalue weighted by Gasteiger charge is -1.99. The van der Waals surface area contributed by atoms with Crippen LogP contribution in [-0.4, -0.2) is 17.5 Å². The van der Waals surface area contributed by atoms with E-state index in [0.29, 0.717) is 0 Å². The maximum atomic E-state index is 12.6. The molecule has 0 radical (unpaired) electrons. The van der Waals surface area contributed by atoms with E-state index in [1.165, 1.54) is 0 Å². The topological polar surface area (TPSA) is 37.3 Å². The molecule has 0 rings (SSSR count). The number of Topliss-reactive ketones (excluding diaryl/α,β-unsaturated/α-hetero) is 1. The maximum Gasteiger partial charge on any atom is 0.193 e. The van der Waals surface area contributed by atoms with Crippen LogP contribution in [0.2, 0.25) is 0 Å². The molecule has 0 spiro atoms. The maximum absolute atomic E-state index is 12.6. The minimum Gasteiger partial charge on any atom is -0.396 e. The van der Waals surface area contributed by atoms with E-state index in [1.54, 1.807) is 13.8 Å². The zero-order valence-electron chi connectivity index (χ0n) is 6.80. The van der Waals surface area contributed by atoms with Crippen LogP contribution in [0.4, 0.5) is 4.39 Å². The molecule has 3 heteroatoms. The molecule has 0 aliphatic heterocycles. The molecule has 0 bridgehead atoms. The lowest BCUT2D eigenvalue weighted by atomic mass is 10.1. The predicted octanol–water partition coefficient (Wildman–Crippen LogP) is 1.45. The van der Waals surface area contributed by atoms with Crippen LogP contribution in [0.3, 0.4) is 0 Å². The van der Waals surface area contributed by atoms with Crippen LogP contribution in [0.15, 0.2) is 11.9 Å². The molecular formula is C8H13FO2. The van der Waals surface area contributed by atoms with Gasteiger partial charge in [0.1, 0.15) is 0 Å². The zero-order chi connectivity index (χ0) is 8.85. The molecule has 0 aromatic carbocycles. The van der Waals surface area contributed by atoms with Crippen molar-refractivity contribution in [1.29, 1.82) is 0 Å². The number of hydrogen-bond donors (Lipinski definition) is 1. The summed E-state index contributed by atoms with van der Waals surface area (Å²) in [5.74, 6) is -1.56. The first kappa shape index (κ1) is 10.3. The van der Waals surface area contributed by atoms with Gasteiger partial charge in [-0.25, -0.2) is 4.39 Å². The lowest BCUT2D eigenvalue weighted by molar-refractivity contribution is -0.119. The molecule has 0 unspecified atom stereocenters. The number of aliphatic hydroxyl groups is 1. The second-order valence-electron chi connectivity index (χ2n) is 2.58. The minimum atomic E-state index is -0.742. The van der Waals surface area contributed by atoms with Crippen LogP contribution in [0.5, 0.6) is 0 Å². The van der Waals surface area contributed by atoms with Crippen molar-refractivity contribution in [2.45, 2.75) is 20.3 Å². The highest BCUT2D eigenvalue weighted by atomic mass is 19.1. The Kier molecular flexibility index (Phi) is 4.70. The van der Waals surface area contributed by atoms with Crippen LogP contribution in [0.25, 0.3) is 0 Å². The van der Waals surface area contributed by atoms with Gasteiger partial charge >= 0.3 is 0 Å². The Balaban J connectivity index is 4.01. The van der Waals surface area contributed by atoms with Gasteiger partial charge in [-0.3, -0.25) is 4.79 Å². The first-order valence-electron chi connectivity index (χ1n) is 3.60. The van der Waals surface area contributed by atoms with E-state index in [-0.39, 0.29) is 18.9 Å². The molecule has 0 saturated carbocycles. The number of ketones is 1. The summed E-state index contributed by atoms with van der Waals surface area (Å²) in [5.41, 5.74) is 0. The Morgan fingerprint density at radius 3 is 2.55 bits per heavy atom. The Morgan fingerprint density at radius 1 is 1.64 bits per heavy atom. The van der Waals surface area contributed by atoms with Gasteiger partial charge in [-0.15, -0.1) is 0 Å². The molecular weight excluding hydrogens is 147 g/mol. The summed E-state index contributed by atoms with van der Waals surface area (Å²) in [4.78, 5) is 10.8. The largest absolute Gasteiger partial charge is 0.396 e. The summed E-state index contributed by atoms with van der Waals surface area (Å²) in [5, 5.41) is 8.31. The van der Waals surface area contributed by atoms with Crippen molar-refractivity contribution in [3.8, 4) is 0 Å². The van der Waals surface area contributed by atoms with E-state index in [4.69, 9.17) is 5.11 Å². The Hall–Kier alpha value is -0.700. The smallest absolute Gasteiger partial charge is 0.193 e. The van der Waals surface area contributed by atoms with Gasteiger partial charge in [0.25, 0.3) is 0 Å². The molecule has 11 heavy (non-hydrogen) atoms. The molecule has 64 valence electrons. The summed E-state index contributed by atoms with van der Waals surface area (Å²) in [6, 6.07) is 0. The van der Waals surface area contributed by atoms with Gasteiger partial charge < -0.3 is 5.11 Å². The van der Waals surface area contributed by atoms with Crippen molar-refractivity contribution in [2.24, 2.45) is 5.92 Å². The van der Waals surface area contributed by atoms with E-state index in [1.807, 2.05) is 0 Å². The molecule has 0 saturated heterocycles. The van der Waals surface area contributed by atoms with Gasteiger partial charge in [-0.1, -0.05) is 13.8 Å². The fraction of sp³-hybridized carbons (Fsp3) is 0.625. The van der Waals surface area contributed by atoms with Gasteiger partial charge in [-0.2, -0.15) is 0 Å². The third-order valence-electron chi connectivity index (χ3n) is 1.21. The molecule has 0 aromatic heterocycles. The summed E-state index contributed by atoms with van der Waals surface area (Å²) >= 11 is 0. The zero-order valence-corrected chi connectivity index (χ0v) is 6.80. The first-order chi connectivity index (χ1) is 5.09. The number of rotatable bonds is 4. The summed E-state index contributed by atoms with van der Waals surface area (Å²) in [6.45, 7) is 3.14. The minimum absolute atomic E-state index is 0.126. The van der Waals surface area contributed by atoms with Crippen molar-refractivity contribution in [3.05, 3.63) is 11.9 Å².